The fraction of sp³-hybridized carbons (Fsp3) is 0.583. The molecule has 0 fully saturated rings. The molecule has 1 aromatic heterocycles. The van der Waals surface area contributed by atoms with Gasteiger partial charge in [-0.3, -0.25) is 9.48 Å². The number of rotatable bonds is 9. The first-order chi connectivity index (χ1) is 9.13. The quantitative estimate of drug-likeness (QED) is 0.637. The molecule has 0 bridgehead atoms. The van der Waals surface area contributed by atoms with Crippen molar-refractivity contribution in [2.75, 3.05) is 19.8 Å². The number of nitrogens with zero attached hydrogens (tertiary/aromatic N) is 2. The number of nitrogens with one attached hydrogen (secondary N) is 1. The molecule has 1 heterocycles. The number of carboxylic acids is 1. The van der Waals surface area contributed by atoms with Gasteiger partial charge in [-0.1, -0.05) is 0 Å². The number of carbonyl (C=O) groups excluding carboxylic acids is 1. The van der Waals surface area contributed by atoms with E-state index in [0.29, 0.717) is 26.3 Å². The molecular formula is C12H19N3O4. The summed E-state index contributed by atoms with van der Waals surface area (Å²) >= 11 is 0. The van der Waals surface area contributed by atoms with E-state index >= 15 is 0 Å². The van der Waals surface area contributed by atoms with Gasteiger partial charge in [0.1, 0.15) is 0 Å². The topological polar surface area (TPSA) is 93.5 Å². The minimum Gasteiger partial charge on any atom is -0.476 e. The van der Waals surface area contributed by atoms with E-state index in [9.17, 15) is 9.59 Å². The second kappa shape index (κ2) is 8.25. The van der Waals surface area contributed by atoms with E-state index < -0.39 is 5.97 Å². The molecule has 19 heavy (non-hydrogen) atoms. The normalized spacial score (nSPS) is 10.4. The molecule has 0 aliphatic rings. The van der Waals surface area contributed by atoms with Crippen molar-refractivity contribution in [3.05, 3.63) is 18.0 Å². The van der Waals surface area contributed by atoms with Crippen LogP contribution in [0.3, 0.4) is 0 Å². The number of hydrogen-bond acceptors (Lipinski definition) is 4. The Labute approximate surface area is 111 Å². The predicted molar refractivity (Wildman–Crippen MR) is 67.9 cm³/mol. The fourth-order valence-electron chi connectivity index (χ4n) is 1.45. The van der Waals surface area contributed by atoms with Gasteiger partial charge >= 0.3 is 5.97 Å². The Morgan fingerprint density at radius 1 is 1.53 bits per heavy atom. The van der Waals surface area contributed by atoms with Crippen LogP contribution < -0.4 is 5.32 Å². The number of carboxylic acid groups (broad SMARTS) is 1. The lowest BCUT2D eigenvalue weighted by Gasteiger charge is -2.05. The molecule has 0 aliphatic heterocycles. The van der Waals surface area contributed by atoms with Crippen LogP contribution in [0.5, 0.6) is 0 Å². The zero-order valence-corrected chi connectivity index (χ0v) is 11.0. The maximum absolute atomic E-state index is 11.5. The highest BCUT2D eigenvalue weighted by molar-refractivity contribution is 5.85. The number of aryl methyl sites for hydroxylation is 1. The van der Waals surface area contributed by atoms with Gasteiger partial charge in [0.05, 0.1) is 0 Å². The van der Waals surface area contributed by atoms with E-state index in [1.165, 1.54) is 10.7 Å². The highest BCUT2D eigenvalue weighted by atomic mass is 16.5. The summed E-state index contributed by atoms with van der Waals surface area (Å²) in [7, 11) is 0. The summed E-state index contributed by atoms with van der Waals surface area (Å²) in [5, 5.41) is 15.3. The molecule has 2 N–H and O–H groups in total. The van der Waals surface area contributed by atoms with Crippen LogP contribution >= 0.6 is 0 Å². The molecule has 0 saturated carbocycles. The smallest absolute Gasteiger partial charge is 0.356 e. The van der Waals surface area contributed by atoms with Gasteiger partial charge in [0.25, 0.3) is 0 Å². The maximum atomic E-state index is 11.5. The average molecular weight is 269 g/mol. The van der Waals surface area contributed by atoms with Crippen molar-refractivity contribution in [3.63, 3.8) is 0 Å². The number of aromatic carboxylic acids is 1. The zero-order chi connectivity index (χ0) is 14.1. The van der Waals surface area contributed by atoms with Crippen LogP contribution in [0, 0.1) is 0 Å². The minimum absolute atomic E-state index is 0.0166. The van der Waals surface area contributed by atoms with Crippen LogP contribution in [-0.4, -0.2) is 46.5 Å². The number of aromatic nitrogens is 2. The monoisotopic (exact) mass is 269 g/mol. The number of amides is 1. The van der Waals surface area contributed by atoms with Crippen LogP contribution in [0.25, 0.3) is 0 Å². The molecule has 0 unspecified atom stereocenters. The summed E-state index contributed by atoms with van der Waals surface area (Å²) in [6.45, 7) is 4.19. The number of ether oxygens (including phenoxy) is 1. The van der Waals surface area contributed by atoms with Gasteiger partial charge in [-0.25, -0.2) is 4.79 Å². The Morgan fingerprint density at radius 2 is 2.32 bits per heavy atom. The van der Waals surface area contributed by atoms with Crippen LogP contribution in [0.2, 0.25) is 0 Å². The van der Waals surface area contributed by atoms with Crippen LogP contribution in [-0.2, 0) is 16.1 Å². The molecule has 7 nitrogen and oxygen atoms in total. The van der Waals surface area contributed by atoms with E-state index in [0.717, 1.165) is 6.42 Å². The molecule has 0 aliphatic carbocycles. The second-order valence-electron chi connectivity index (χ2n) is 3.92. The van der Waals surface area contributed by atoms with Gasteiger partial charge in [0, 0.05) is 38.9 Å². The summed E-state index contributed by atoms with van der Waals surface area (Å²) in [5.41, 5.74) is -0.0166. The molecular weight excluding hydrogens is 250 g/mol. The number of carbonyl (C=O) groups is 2. The Balaban J connectivity index is 2.17. The maximum Gasteiger partial charge on any atom is 0.356 e. The third-order valence-electron chi connectivity index (χ3n) is 2.42. The Morgan fingerprint density at radius 3 is 2.95 bits per heavy atom. The van der Waals surface area contributed by atoms with Gasteiger partial charge in [-0.05, 0) is 19.4 Å². The molecule has 0 saturated heterocycles. The van der Waals surface area contributed by atoms with Crippen molar-refractivity contribution in [2.24, 2.45) is 0 Å². The lowest BCUT2D eigenvalue weighted by Crippen LogP contribution is -2.26. The summed E-state index contributed by atoms with van der Waals surface area (Å²) < 4.78 is 6.60. The lowest BCUT2D eigenvalue weighted by atomic mass is 10.3. The first-order valence-electron chi connectivity index (χ1n) is 6.24. The molecule has 106 valence electrons. The van der Waals surface area contributed by atoms with E-state index in [1.807, 2.05) is 6.92 Å². The third kappa shape index (κ3) is 6.01. The molecule has 0 radical (unpaired) electrons. The Hall–Kier alpha value is -1.89. The average Bonchev–Trinajstić information content (AvgIpc) is 2.85. The standard InChI is InChI=1S/C12H19N3O4/c1-2-19-9-3-6-13-11(16)5-8-15-7-4-10(14-15)12(17)18/h4,7H,2-3,5-6,8-9H2,1H3,(H,13,16)(H,17,18). The first kappa shape index (κ1) is 15.2. The van der Waals surface area contributed by atoms with Gasteiger partial charge in [-0.2, -0.15) is 5.10 Å². The van der Waals surface area contributed by atoms with Gasteiger partial charge in [0.15, 0.2) is 5.69 Å². The molecule has 0 aromatic carbocycles. The van der Waals surface area contributed by atoms with Crippen molar-refractivity contribution >= 4 is 11.9 Å². The van der Waals surface area contributed by atoms with Gasteiger partial charge < -0.3 is 15.2 Å². The van der Waals surface area contributed by atoms with Crippen LogP contribution in [0.4, 0.5) is 0 Å². The summed E-state index contributed by atoms with van der Waals surface area (Å²) in [5.74, 6) is -1.15. The molecule has 1 rings (SSSR count). The van der Waals surface area contributed by atoms with Crippen LogP contribution in [0.1, 0.15) is 30.3 Å². The number of hydrogen-bond donors (Lipinski definition) is 2. The molecule has 1 amide bonds. The SMILES string of the molecule is CCOCCCNC(=O)CCn1ccc(C(=O)O)n1. The van der Waals surface area contributed by atoms with Gasteiger partial charge in [0.2, 0.25) is 5.91 Å². The minimum atomic E-state index is -1.07. The van der Waals surface area contributed by atoms with E-state index in [-0.39, 0.29) is 18.0 Å². The lowest BCUT2D eigenvalue weighted by molar-refractivity contribution is -0.121. The molecule has 0 atom stereocenters. The first-order valence-corrected chi connectivity index (χ1v) is 6.24. The predicted octanol–water partition coefficient (Wildman–Crippen LogP) is 0.514. The Kier molecular flexibility index (Phi) is 6.59. The molecule has 1 aromatic rings. The highest BCUT2D eigenvalue weighted by Gasteiger charge is 2.07. The van der Waals surface area contributed by atoms with E-state index in [4.69, 9.17) is 9.84 Å². The highest BCUT2D eigenvalue weighted by Crippen LogP contribution is 1.97. The summed E-state index contributed by atoms with van der Waals surface area (Å²) in [6.07, 6.45) is 2.60. The third-order valence-corrected chi connectivity index (χ3v) is 2.42. The summed E-state index contributed by atoms with van der Waals surface area (Å²) in [6, 6.07) is 1.41. The van der Waals surface area contributed by atoms with Crippen molar-refractivity contribution in [2.45, 2.75) is 26.3 Å². The van der Waals surface area contributed by atoms with Crippen molar-refractivity contribution in [3.8, 4) is 0 Å². The van der Waals surface area contributed by atoms with Gasteiger partial charge in [-0.15, -0.1) is 0 Å². The van der Waals surface area contributed by atoms with Crippen molar-refractivity contribution in [1.82, 2.24) is 15.1 Å². The van der Waals surface area contributed by atoms with E-state index in [2.05, 4.69) is 10.4 Å². The van der Waals surface area contributed by atoms with Crippen LogP contribution in [0.15, 0.2) is 12.3 Å². The fourth-order valence-corrected chi connectivity index (χ4v) is 1.45. The van der Waals surface area contributed by atoms with Crippen molar-refractivity contribution < 1.29 is 19.4 Å². The summed E-state index contributed by atoms with van der Waals surface area (Å²) in [4.78, 5) is 22.1. The molecule has 7 heteroatoms. The molecule has 0 spiro atoms. The Bertz CT molecular complexity index is 417. The van der Waals surface area contributed by atoms with E-state index in [1.54, 1.807) is 6.20 Å². The van der Waals surface area contributed by atoms with Crippen molar-refractivity contribution in [1.29, 1.82) is 0 Å². The second-order valence-corrected chi connectivity index (χ2v) is 3.92. The zero-order valence-electron chi connectivity index (χ0n) is 11.0. The largest absolute Gasteiger partial charge is 0.476 e.